The second-order valence-corrected chi connectivity index (χ2v) is 9.19. The number of nitrogen functional groups attached to an aromatic ring is 1. The summed E-state index contributed by atoms with van der Waals surface area (Å²) in [5.74, 6) is -2.15. The summed E-state index contributed by atoms with van der Waals surface area (Å²) in [4.78, 5) is 12.7. The normalized spacial score (nSPS) is 15.9. The summed E-state index contributed by atoms with van der Waals surface area (Å²) in [5.41, 5.74) is 6.91. The molecular formula is C18H20F3N7O3S. The molecule has 0 saturated carbocycles. The number of nitrogens with one attached hydrogen (secondary N) is 1. The van der Waals surface area contributed by atoms with Crippen LogP contribution in [0.15, 0.2) is 29.3 Å². The van der Waals surface area contributed by atoms with E-state index in [4.69, 9.17) is 10.8 Å². The molecule has 14 heteroatoms. The van der Waals surface area contributed by atoms with Gasteiger partial charge >= 0.3 is 6.18 Å². The third-order valence-corrected chi connectivity index (χ3v) is 6.62. The van der Waals surface area contributed by atoms with Gasteiger partial charge in [-0.05, 0) is 24.6 Å². The van der Waals surface area contributed by atoms with Crippen molar-refractivity contribution in [3.05, 3.63) is 35.8 Å². The summed E-state index contributed by atoms with van der Waals surface area (Å²) < 4.78 is 68.2. The van der Waals surface area contributed by atoms with Crippen molar-refractivity contribution in [2.45, 2.75) is 24.0 Å². The molecule has 1 saturated heterocycles. The molecule has 3 aromatic rings. The quantitative estimate of drug-likeness (QED) is 0.477. The van der Waals surface area contributed by atoms with E-state index in [1.807, 2.05) is 4.90 Å². The van der Waals surface area contributed by atoms with Crippen LogP contribution < -0.4 is 10.5 Å². The molecule has 0 unspecified atom stereocenters. The Hall–Kier alpha value is -2.81. The third kappa shape index (κ3) is 4.26. The van der Waals surface area contributed by atoms with Crippen LogP contribution in [-0.2, 0) is 16.2 Å². The highest BCUT2D eigenvalue weighted by Crippen LogP contribution is 2.30. The van der Waals surface area contributed by atoms with E-state index in [-0.39, 0.29) is 29.0 Å². The number of imidazole rings is 1. The monoisotopic (exact) mass is 471 g/mol. The summed E-state index contributed by atoms with van der Waals surface area (Å²) in [6, 6.07) is 4.15. The number of fused-ring (bicyclic) bond motifs is 1. The second kappa shape index (κ2) is 7.95. The van der Waals surface area contributed by atoms with E-state index in [9.17, 15) is 21.6 Å². The lowest BCUT2D eigenvalue weighted by molar-refractivity contribution is -0.144. The van der Waals surface area contributed by atoms with Gasteiger partial charge in [-0.15, -0.1) is 0 Å². The number of hydrogen-bond donors (Lipinski definition) is 3. The van der Waals surface area contributed by atoms with Crippen molar-refractivity contribution in [3.8, 4) is 11.3 Å². The largest absolute Gasteiger partial charge is 0.451 e. The van der Waals surface area contributed by atoms with E-state index in [1.54, 1.807) is 13.0 Å². The van der Waals surface area contributed by atoms with Gasteiger partial charge in [0.2, 0.25) is 27.6 Å². The molecule has 4 rings (SSSR count). The molecule has 0 bridgehead atoms. The molecule has 1 aliphatic heterocycles. The van der Waals surface area contributed by atoms with E-state index in [1.165, 1.54) is 18.3 Å². The maximum Gasteiger partial charge on any atom is 0.451 e. The van der Waals surface area contributed by atoms with Crippen LogP contribution in [0.1, 0.15) is 11.4 Å². The maximum absolute atomic E-state index is 13.0. The number of likely N-dealkylation sites (tertiary alicyclic amines) is 1. The lowest BCUT2D eigenvalue weighted by atomic mass is 10.1. The number of sulfonamides is 1. The van der Waals surface area contributed by atoms with Crippen molar-refractivity contribution in [3.63, 3.8) is 0 Å². The lowest BCUT2D eigenvalue weighted by Crippen LogP contribution is -2.59. The zero-order chi connectivity index (χ0) is 23.3. The molecule has 172 valence electrons. The summed E-state index contributed by atoms with van der Waals surface area (Å²) in [7, 11) is -3.85. The number of alkyl halides is 3. The van der Waals surface area contributed by atoms with Crippen molar-refractivity contribution in [2.75, 3.05) is 32.0 Å². The number of β-amino-alcohol motifs (C(OH)–C–C–N with tert-alkyl or cyclic N) is 1. The minimum atomic E-state index is -4.79. The van der Waals surface area contributed by atoms with Gasteiger partial charge in [-0.25, -0.2) is 18.1 Å². The SMILES string of the molecule is Cc1ccc(S(=O)(=O)NC2CN(CCO)C2)cc1-c1cn2c(N)nc(C(F)(F)F)nc2n1. The van der Waals surface area contributed by atoms with Crippen LogP contribution in [0, 0.1) is 6.92 Å². The number of hydrogen-bond acceptors (Lipinski definition) is 8. The number of rotatable bonds is 6. The molecule has 1 fully saturated rings. The number of nitrogens with two attached hydrogens (primary N) is 1. The number of aliphatic hydroxyl groups excluding tert-OH is 1. The van der Waals surface area contributed by atoms with Crippen LogP contribution in [-0.4, -0.2) is 70.1 Å². The van der Waals surface area contributed by atoms with Gasteiger partial charge in [0.1, 0.15) is 0 Å². The predicted molar refractivity (Wildman–Crippen MR) is 108 cm³/mol. The number of benzene rings is 1. The van der Waals surface area contributed by atoms with Crippen LogP contribution in [0.3, 0.4) is 0 Å². The van der Waals surface area contributed by atoms with Crippen molar-refractivity contribution < 1.29 is 26.7 Å². The summed E-state index contributed by atoms with van der Waals surface area (Å²) in [5, 5.41) is 8.93. The molecule has 4 N–H and O–H groups in total. The van der Waals surface area contributed by atoms with E-state index in [2.05, 4.69) is 19.7 Å². The molecule has 0 amide bonds. The van der Waals surface area contributed by atoms with E-state index >= 15 is 0 Å². The number of aliphatic hydroxyl groups is 1. The highest BCUT2D eigenvalue weighted by atomic mass is 32.2. The molecule has 0 aliphatic carbocycles. The van der Waals surface area contributed by atoms with Gasteiger partial charge < -0.3 is 10.8 Å². The molecule has 0 atom stereocenters. The summed E-state index contributed by atoms with van der Waals surface area (Å²) in [6.07, 6.45) is -3.43. The topological polar surface area (TPSA) is 139 Å². The molecule has 10 nitrogen and oxygen atoms in total. The van der Waals surface area contributed by atoms with Crippen LogP contribution >= 0.6 is 0 Å². The summed E-state index contributed by atoms with van der Waals surface area (Å²) in [6.45, 7) is 3.18. The number of aromatic nitrogens is 4. The van der Waals surface area contributed by atoms with Gasteiger partial charge in [0.25, 0.3) is 0 Å². The Morgan fingerprint density at radius 3 is 2.62 bits per heavy atom. The zero-order valence-corrected chi connectivity index (χ0v) is 17.7. The Morgan fingerprint density at radius 1 is 1.25 bits per heavy atom. The van der Waals surface area contributed by atoms with Crippen LogP contribution in [0.4, 0.5) is 19.1 Å². The van der Waals surface area contributed by atoms with Crippen molar-refractivity contribution >= 4 is 21.7 Å². The second-order valence-electron chi connectivity index (χ2n) is 7.48. The van der Waals surface area contributed by atoms with Crippen molar-refractivity contribution in [2.24, 2.45) is 0 Å². The first-order valence-electron chi connectivity index (χ1n) is 9.54. The molecule has 2 aromatic heterocycles. The van der Waals surface area contributed by atoms with Crippen LogP contribution in [0.5, 0.6) is 0 Å². The average Bonchev–Trinajstić information content (AvgIpc) is 3.10. The zero-order valence-electron chi connectivity index (χ0n) is 16.8. The lowest BCUT2D eigenvalue weighted by Gasteiger charge is -2.38. The van der Waals surface area contributed by atoms with Gasteiger partial charge in [0.15, 0.2) is 0 Å². The molecule has 0 spiro atoms. The van der Waals surface area contributed by atoms with Gasteiger partial charge in [-0.3, -0.25) is 9.30 Å². The highest BCUT2D eigenvalue weighted by molar-refractivity contribution is 7.89. The first kappa shape index (κ1) is 22.4. The first-order valence-corrected chi connectivity index (χ1v) is 11.0. The number of nitrogens with zero attached hydrogens (tertiary/aromatic N) is 5. The Balaban J connectivity index is 1.66. The fourth-order valence-electron chi connectivity index (χ4n) is 3.46. The number of aryl methyl sites for hydroxylation is 1. The average molecular weight is 471 g/mol. The predicted octanol–water partition coefficient (Wildman–Crippen LogP) is 0.656. The Labute approximate surface area is 181 Å². The van der Waals surface area contributed by atoms with Crippen LogP contribution in [0.2, 0.25) is 0 Å². The Bertz CT molecular complexity index is 1270. The standard InChI is InChI=1S/C18H20F3N7O3S/c1-10-2-3-12(32(30,31)26-11-7-27(8-11)4-5-29)6-13(10)14-9-28-16(22)24-15(18(19,20)21)25-17(28)23-14/h2-3,6,9,11,26,29H,4-5,7-8H2,1H3,(H2,22,23,24,25). The smallest absolute Gasteiger partial charge is 0.395 e. The fraction of sp³-hybridized carbons (Fsp3) is 0.389. The molecule has 1 aliphatic rings. The third-order valence-electron chi connectivity index (χ3n) is 5.10. The van der Waals surface area contributed by atoms with Gasteiger partial charge in [0, 0.05) is 37.4 Å². The molecule has 3 heterocycles. The fourth-order valence-corrected chi connectivity index (χ4v) is 4.70. The van der Waals surface area contributed by atoms with E-state index < -0.39 is 28.0 Å². The summed E-state index contributed by atoms with van der Waals surface area (Å²) >= 11 is 0. The van der Waals surface area contributed by atoms with Gasteiger partial charge in [0.05, 0.1) is 17.2 Å². The molecular weight excluding hydrogens is 451 g/mol. The minimum Gasteiger partial charge on any atom is -0.395 e. The minimum absolute atomic E-state index is 0.000834. The van der Waals surface area contributed by atoms with Gasteiger partial charge in [-0.2, -0.15) is 23.1 Å². The van der Waals surface area contributed by atoms with Crippen LogP contribution in [0.25, 0.3) is 17.0 Å². The van der Waals surface area contributed by atoms with Crippen molar-refractivity contribution in [1.82, 2.24) is 29.0 Å². The Kier molecular flexibility index (Phi) is 5.56. The van der Waals surface area contributed by atoms with Gasteiger partial charge in [-0.1, -0.05) is 6.07 Å². The highest BCUT2D eigenvalue weighted by Gasteiger charge is 2.36. The first-order chi connectivity index (χ1) is 15.0. The number of anilines is 1. The van der Waals surface area contributed by atoms with E-state index in [0.29, 0.717) is 30.8 Å². The maximum atomic E-state index is 13.0. The molecule has 1 aromatic carbocycles. The number of halogens is 3. The van der Waals surface area contributed by atoms with Crippen molar-refractivity contribution in [1.29, 1.82) is 0 Å². The molecule has 0 radical (unpaired) electrons. The molecule has 32 heavy (non-hydrogen) atoms. The Morgan fingerprint density at radius 2 is 1.97 bits per heavy atom. The van der Waals surface area contributed by atoms with E-state index in [0.717, 1.165) is 4.40 Å².